The van der Waals surface area contributed by atoms with Crippen LogP contribution in [0.4, 0.5) is 5.69 Å². The molecule has 162 valence electrons. The maximum atomic E-state index is 13.1. The van der Waals surface area contributed by atoms with E-state index >= 15 is 0 Å². The Labute approximate surface area is 177 Å². The number of piperidine rings is 1. The Kier molecular flexibility index (Phi) is 5.84. The predicted octanol–water partition coefficient (Wildman–Crippen LogP) is 2.04. The molecule has 1 aromatic heterocycles. The number of nitrogens with zero attached hydrogens (tertiary/aromatic N) is 4. The highest BCUT2D eigenvalue weighted by Crippen LogP contribution is 2.29. The number of anilines is 1. The summed E-state index contributed by atoms with van der Waals surface area (Å²) in [4.78, 5) is 17.4. The minimum Gasteiger partial charge on any atom is -0.368 e. The van der Waals surface area contributed by atoms with Crippen molar-refractivity contribution >= 4 is 21.6 Å². The highest BCUT2D eigenvalue weighted by molar-refractivity contribution is 7.89. The van der Waals surface area contributed by atoms with Crippen LogP contribution < -0.4 is 4.90 Å². The Morgan fingerprint density at radius 3 is 2.40 bits per heavy atom. The van der Waals surface area contributed by atoms with Crippen LogP contribution in [0.5, 0.6) is 0 Å². The van der Waals surface area contributed by atoms with Crippen molar-refractivity contribution in [2.45, 2.75) is 31.6 Å². The largest absolute Gasteiger partial charge is 0.368 e. The van der Waals surface area contributed by atoms with Crippen LogP contribution in [0.2, 0.25) is 0 Å². The molecular weight excluding hydrogens is 404 g/mol. The SMILES string of the molecule is Cc1noc(C)c1S(=O)(=O)N1CCC[C@@H](C(=O)N2CCN(c3ccccc3)CC2)C1. The molecule has 9 heteroatoms. The van der Waals surface area contributed by atoms with Crippen LogP contribution in [0.15, 0.2) is 39.8 Å². The van der Waals surface area contributed by atoms with E-state index in [1.165, 1.54) is 9.99 Å². The van der Waals surface area contributed by atoms with Crippen molar-refractivity contribution < 1.29 is 17.7 Å². The number of piperazine rings is 1. The number of sulfonamides is 1. The first-order chi connectivity index (χ1) is 14.4. The van der Waals surface area contributed by atoms with E-state index < -0.39 is 10.0 Å². The minimum absolute atomic E-state index is 0.0568. The van der Waals surface area contributed by atoms with E-state index in [-0.39, 0.29) is 29.0 Å². The summed E-state index contributed by atoms with van der Waals surface area (Å²) in [5, 5.41) is 3.78. The van der Waals surface area contributed by atoms with Gasteiger partial charge in [-0.2, -0.15) is 4.31 Å². The molecule has 2 aliphatic heterocycles. The molecule has 2 aliphatic rings. The molecule has 1 amide bonds. The third kappa shape index (κ3) is 3.96. The van der Waals surface area contributed by atoms with Gasteiger partial charge in [0.25, 0.3) is 0 Å². The zero-order valence-corrected chi connectivity index (χ0v) is 18.3. The monoisotopic (exact) mass is 432 g/mol. The number of hydrogen-bond donors (Lipinski definition) is 0. The van der Waals surface area contributed by atoms with E-state index in [0.29, 0.717) is 38.2 Å². The van der Waals surface area contributed by atoms with E-state index in [2.05, 4.69) is 22.2 Å². The fourth-order valence-electron chi connectivity index (χ4n) is 4.42. The average Bonchev–Trinajstić information content (AvgIpc) is 3.12. The number of rotatable bonds is 4. The van der Waals surface area contributed by atoms with Gasteiger partial charge in [-0.3, -0.25) is 4.79 Å². The standard InChI is InChI=1S/C21H28N4O4S/c1-16-20(17(2)29-22-16)30(27,28)25-10-6-7-18(15-25)21(26)24-13-11-23(12-14-24)19-8-4-3-5-9-19/h3-5,8-9,18H,6-7,10-15H2,1-2H3/t18-/m1/s1. The van der Waals surface area contributed by atoms with Crippen LogP contribution in [-0.4, -0.2) is 68.0 Å². The van der Waals surface area contributed by atoms with E-state index in [0.717, 1.165) is 13.1 Å². The number of carbonyl (C=O) groups excluding carboxylic acids is 1. The van der Waals surface area contributed by atoms with Crippen molar-refractivity contribution in [3.8, 4) is 0 Å². The molecule has 3 heterocycles. The number of hydrogen-bond acceptors (Lipinski definition) is 6. The van der Waals surface area contributed by atoms with Crippen molar-refractivity contribution in [3.05, 3.63) is 41.8 Å². The highest BCUT2D eigenvalue weighted by atomic mass is 32.2. The molecule has 30 heavy (non-hydrogen) atoms. The Hall–Kier alpha value is -2.39. The second-order valence-electron chi connectivity index (χ2n) is 8.00. The predicted molar refractivity (Wildman–Crippen MR) is 113 cm³/mol. The number of carbonyl (C=O) groups is 1. The van der Waals surface area contributed by atoms with Crippen molar-refractivity contribution in [3.63, 3.8) is 0 Å². The molecule has 2 fully saturated rings. The van der Waals surface area contributed by atoms with Gasteiger partial charge in [-0.1, -0.05) is 23.4 Å². The lowest BCUT2D eigenvalue weighted by atomic mass is 9.97. The summed E-state index contributed by atoms with van der Waals surface area (Å²) in [5.41, 5.74) is 1.52. The summed E-state index contributed by atoms with van der Waals surface area (Å²) in [7, 11) is -3.72. The molecule has 0 bridgehead atoms. The average molecular weight is 433 g/mol. The summed E-state index contributed by atoms with van der Waals surface area (Å²) >= 11 is 0. The summed E-state index contributed by atoms with van der Waals surface area (Å²) in [6, 6.07) is 10.2. The van der Waals surface area contributed by atoms with Crippen LogP contribution in [0, 0.1) is 19.8 Å². The third-order valence-electron chi connectivity index (χ3n) is 6.01. The first-order valence-corrected chi connectivity index (χ1v) is 11.8. The molecule has 8 nitrogen and oxygen atoms in total. The van der Waals surface area contributed by atoms with Crippen LogP contribution in [0.3, 0.4) is 0 Å². The lowest BCUT2D eigenvalue weighted by molar-refractivity contribution is -0.137. The maximum absolute atomic E-state index is 13.1. The fraction of sp³-hybridized carbons (Fsp3) is 0.524. The van der Waals surface area contributed by atoms with E-state index in [1.807, 2.05) is 23.1 Å². The molecule has 0 radical (unpaired) electrons. The first kappa shape index (κ1) is 20.9. The Bertz CT molecular complexity index is 978. The summed E-state index contributed by atoms with van der Waals surface area (Å²) in [6.45, 7) is 6.73. The lowest BCUT2D eigenvalue weighted by Crippen LogP contribution is -2.53. The zero-order valence-electron chi connectivity index (χ0n) is 17.5. The summed E-state index contributed by atoms with van der Waals surface area (Å²) in [6.07, 6.45) is 1.38. The van der Waals surface area contributed by atoms with Crippen LogP contribution in [-0.2, 0) is 14.8 Å². The molecule has 1 atom stereocenters. The van der Waals surface area contributed by atoms with Gasteiger partial charge in [-0.05, 0) is 38.8 Å². The Morgan fingerprint density at radius 1 is 1.07 bits per heavy atom. The second kappa shape index (κ2) is 8.39. The van der Waals surface area contributed by atoms with Crippen molar-refractivity contribution in [1.82, 2.24) is 14.4 Å². The van der Waals surface area contributed by atoms with Gasteiger partial charge < -0.3 is 14.3 Å². The van der Waals surface area contributed by atoms with Gasteiger partial charge in [0.1, 0.15) is 10.6 Å². The normalized spacial score (nSPS) is 21.1. The lowest BCUT2D eigenvalue weighted by Gasteiger charge is -2.39. The minimum atomic E-state index is -3.72. The van der Waals surface area contributed by atoms with Crippen molar-refractivity contribution in [2.24, 2.45) is 5.92 Å². The van der Waals surface area contributed by atoms with E-state index in [9.17, 15) is 13.2 Å². The molecule has 0 aliphatic carbocycles. The smallest absolute Gasteiger partial charge is 0.248 e. The molecule has 2 saturated heterocycles. The number of para-hydroxylation sites is 1. The molecule has 1 aromatic carbocycles. The van der Waals surface area contributed by atoms with Gasteiger partial charge in [0.15, 0.2) is 5.76 Å². The van der Waals surface area contributed by atoms with Crippen molar-refractivity contribution in [2.75, 3.05) is 44.2 Å². The zero-order chi connectivity index (χ0) is 21.3. The van der Waals surface area contributed by atoms with Gasteiger partial charge in [0.2, 0.25) is 15.9 Å². The fourth-order valence-corrected chi connectivity index (χ4v) is 6.23. The van der Waals surface area contributed by atoms with Crippen LogP contribution in [0.1, 0.15) is 24.3 Å². The quantitative estimate of drug-likeness (QED) is 0.735. The molecule has 0 unspecified atom stereocenters. The molecule has 0 spiro atoms. The second-order valence-corrected chi connectivity index (χ2v) is 9.88. The molecule has 4 rings (SSSR count). The van der Waals surface area contributed by atoms with E-state index in [1.54, 1.807) is 13.8 Å². The van der Waals surface area contributed by atoms with Crippen LogP contribution >= 0.6 is 0 Å². The number of aryl methyl sites for hydroxylation is 2. The van der Waals surface area contributed by atoms with Crippen LogP contribution in [0.25, 0.3) is 0 Å². The van der Waals surface area contributed by atoms with Gasteiger partial charge in [0.05, 0.1) is 5.92 Å². The van der Waals surface area contributed by atoms with Gasteiger partial charge in [0, 0.05) is 45.0 Å². The number of amides is 1. The molecule has 2 aromatic rings. The maximum Gasteiger partial charge on any atom is 0.248 e. The Morgan fingerprint density at radius 2 is 1.77 bits per heavy atom. The number of aromatic nitrogens is 1. The van der Waals surface area contributed by atoms with Gasteiger partial charge in [-0.25, -0.2) is 8.42 Å². The van der Waals surface area contributed by atoms with Crippen molar-refractivity contribution in [1.29, 1.82) is 0 Å². The first-order valence-electron chi connectivity index (χ1n) is 10.4. The Balaban J connectivity index is 1.41. The summed E-state index contributed by atoms with van der Waals surface area (Å²) in [5.74, 6) is 0.0385. The summed E-state index contributed by atoms with van der Waals surface area (Å²) < 4.78 is 32.7. The number of benzene rings is 1. The van der Waals surface area contributed by atoms with Gasteiger partial charge in [-0.15, -0.1) is 0 Å². The van der Waals surface area contributed by atoms with E-state index in [4.69, 9.17) is 4.52 Å². The molecule has 0 saturated carbocycles. The third-order valence-corrected chi connectivity index (χ3v) is 8.12. The highest BCUT2D eigenvalue weighted by Gasteiger charge is 2.38. The topological polar surface area (TPSA) is 87.0 Å². The van der Waals surface area contributed by atoms with Gasteiger partial charge >= 0.3 is 0 Å². The molecule has 0 N–H and O–H groups in total. The molecular formula is C21H28N4O4S.